The van der Waals surface area contributed by atoms with E-state index in [-0.39, 0.29) is 11.7 Å². The summed E-state index contributed by atoms with van der Waals surface area (Å²) in [6.07, 6.45) is 8.41. The number of amides is 1. The Morgan fingerprint density at radius 2 is 1.81 bits per heavy atom. The normalized spacial score (nSPS) is 44.4. The van der Waals surface area contributed by atoms with E-state index in [4.69, 9.17) is 0 Å². The van der Waals surface area contributed by atoms with E-state index in [0.29, 0.717) is 24.0 Å². The van der Waals surface area contributed by atoms with Crippen molar-refractivity contribution in [3.05, 3.63) is 0 Å². The van der Waals surface area contributed by atoms with E-state index in [0.717, 1.165) is 25.7 Å². The molecule has 3 aliphatic heterocycles. The Bertz CT molecular complexity index is 399. The van der Waals surface area contributed by atoms with Gasteiger partial charge in [0.25, 0.3) is 0 Å². The fourth-order valence-corrected chi connectivity index (χ4v) is 4.71. The van der Waals surface area contributed by atoms with Crippen LogP contribution in [0.1, 0.15) is 65.7 Å². The highest BCUT2D eigenvalue weighted by atomic mass is 16.2. The monoisotopic (exact) mass is 293 g/mol. The summed E-state index contributed by atoms with van der Waals surface area (Å²) in [5, 5.41) is 3.60. The first kappa shape index (κ1) is 15.3. The number of fused-ring (bicyclic) bond motifs is 2. The molecule has 0 aliphatic carbocycles. The highest BCUT2D eigenvalue weighted by Gasteiger charge is 2.50. The van der Waals surface area contributed by atoms with Crippen LogP contribution in [0.15, 0.2) is 0 Å². The fraction of sp³-hybridized carbons (Fsp3) is 0.941. The molecule has 4 nitrogen and oxygen atoms in total. The van der Waals surface area contributed by atoms with Crippen LogP contribution in [0.3, 0.4) is 0 Å². The van der Waals surface area contributed by atoms with E-state index in [1.54, 1.807) is 0 Å². The fourth-order valence-electron chi connectivity index (χ4n) is 4.71. The van der Waals surface area contributed by atoms with E-state index >= 15 is 0 Å². The van der Waals surface area contributed by atoms with Gasteiger partial charge in [0.15, 0.2) is 0 Å². The lowest BCUT2D eigenvalue weighted by Crippen LogP contribution is -2.57. The average molecular weight is 293 g/mol. The summed E-state index contributed by atoms with van der Waals surface area (Å²) in [5.41, 5.74) is -0.348. The van der Waals surface area contributed by atoms with Crippen LogP contribution in [0.5, 0.6) is 0 Å². The van der Waals surface area contributed by atoms with Gasteiger partial charge < -0.3 is 9.80 Å². The predicted octanol–water partition coefficient (Wildman–Crippen LogP) is 2.34. The molecule has 0 spiro atoms. The summed E-state index contributed by atoms with van der Waals surface area (Å²) in [6.45, 7) is 6.38. The third kappa shape index (κ3) is 2.40. The average Bonchev–Trinajstić information content (AvgIpc) is 2.71. The number of nitrogens with zero attached hydrogens (tertiary/aromatic N) is 2. The van der Waals surface area contributed by atoms with Crippen molar-refractivity contribution in [1.82, 2.24) is 15.1 Å². The topological polar surface area (TPSA) is 35.6 Å². The van der Waals surface area contributed by atoms with Crippen LogP contribution in [0, 0.1) is 0 Å². The number of piperidine rings is 2. The first-order valence-electron chi connectivity index (χ1n) is 8.82. The van der Waals surface area contributed by atoms with Crippen molar-refractivity contribution in [3.63, 3.8) is 0 Å². The number of rotatable bonds is 3. The predicted molar refractivity (Wildman–Crippen MR) is 85.0 cm³/mol. The highest BCUT2D eigenvalue weighted by Crippen LogP contribution is 2.38. The maximum atomic E-state index is 13.0. The summed E-state index contributed by atoms with van der Waals surface area (Å²) in [4.78, 5) is 17.8. The van der Waals surface area contributed by atoms with E-state index in [2.05, 4.69) is 42.9 Å². The lowest BCUT2D eigenvalue weighted by Gasteiger charge is -2.50. The maximum Gasteiger partial charge on any atom is 0.244 e. The van der Waals surface area contributed by atoms with Crippen molar-refractivity contribution in [1.29, 1.82) is 0 Å². The minimum absolute atomic E-state index is 0.233. The molecule has 0 aromatic rings. The third-order valence-corrected chi connectivity index (χ3v) is 6.33. The summed E-state index contributed by atoms with van der Waals surface area (Å²) in [5.74, 6) is 0.337. The van der Waals surface area contributed by atoms with Crippen molar-refractivity contribution >= 4 is 5.91 Å². The van der Waals surface area contributed by atoms with E-state index in [1.807, 2.05) is 0 Å². The standard InChI is InChI=1S/C17H31N3O/c1-5-15-18-17(3,6-2)16(21)20(15)14-10-12-8-7-9-13(11-14)19(12)4/h12-15,18H,5-11H2,1-4H3. The van der Waals surface area contributed by atoms with Crippen molar-refractivity contribution in [3.8, 4) is 0 Å². The van der Waals surface area contributed by atoms with Crippen LogP contribution in [0.2, 0.25) is 0 Å². The van der Waals surface area contributed by atoms with Gasteiger partial charge in [-0.2, -0.15) is 0 Å². The van der Waals surface area contributed by atoms with Gasteiger partial charge in [0.2, 0.25) is 5.91 Å². The molecular formula is C17H31N3O. The molecule has 0 saturated carbocycles. The van der Waals surface area contributed by atoms with E-state index < -0.39 is 0 Å². The molecule has 4 unspecified atom stereocenters. The number of hydrogen-bond acceptors (Lipinski definition) is 3. The lowest BCUT2D eigenvalue weighted by atomic mass is 9.81. The molecule has 0 aromatic heterocycles. The minimum Gasteiger partial charge on any atom is -0.322 e. The van der Waals surface area contributed by atoms with Crippen LogP contribution in [-0.4, -0.2) is 52.6 Å². The quantitative estimate of drug-likeness (QED) is 0.867. The lowest BCUT2D eigenvalue weighted by molar-refractivity contribution is -0.137. The summed E-state index contributed by atoms with van der Waals surface area (Å²) in [6, 6.07) is 1.80. The van der Waals surface area contributed by atoms with Gasteiger partial charge in [-0.3, -0.25) is 10.1 Å². The van der Waals surface area contributed by atoms with Crippen LogP contribution in [0.25, 0.3) is 0 Å². The SMILES string of the molecule is CCC1NC(C)(CC)C(=O)N1C1CC2CCCC(C1)N2C. The number of hydrogen-bond donors (Lipinski definition) is 1. The van der Waals surface area contributed by atoms with Crippen LogP contribution in [-0.2, 0) is 4.79 Å². The van der Waals surface area contributed by atoms with Gasteiger partial charge >= 0.3 is 0 Å². The molecule has 3 saturated heterocycles. The largest absolute Gasteiger partial charge is 0.322 e. The number of carbonyl (C=O) groups is 1. The second kappa shape index (κ2) is 5.54. The highest BCUT2D eigenvalue weighted by molar-refractivity contribution is 5.88. The maximum absolute atomic E-state index is 13.0. The van der Waals surface area contributed by atoms with Crippen molar-refractivity contribution in [2.45, 2.75) is 95.5 Å². The molecule has 3 heterocycles. The Labute approximate surface area is 129 Å². The van der Waals surface area contributed by atoms with Gasteiger partial charge in [0.05, 0.1) is 11.7 Å². The first-order chi connectivity index (χ1) is 10.00. The van der Waals surface area contributed by atoms with Gasteiger partial charge in [0.1, 0.15) is 0 Å². The molecular weight excluding hydrogens is 262 g/mol. The van der Waals surface area contributed by atoms with Gasteiger partial charge in [0, 0.05) is 18.1 Å². The van der Waals surface area contributed by atoms with Gasteiger partial charge in [-0.05, 0) is 52.5 Å². The van der Waals surface area contributed by atoms with Crippen molar-refractivity contribution in [2.75, 3.05) is 7.05 Å². The molecule has 4 atom stereocenters. The first-order valence-corrected chi connectivity index (χ1v) is 8.82. The Hall–Kier alpha value is -0.610. The molecule has 1 N–H and O–H groups in total. The molecule has 3 rings (SSSR count). The van der Waals surface area contributed by atoms with Gasteiger partial charge in [-0.25, -0.2) is 0 Å². The Morgan fingerprint density at radius 1 is 1.19 bits per heavy atom. The van der Waals surface area contributed by atoms with E-state index in [1.165, 1.54) is 19.3 Å². The zero-order valence-corrected chi connectivity index (χ0v) is 14.1. The number of carbonyl (C=O) groups excluding carboxylic acids is 1. The Morgan fingerprint density at radius 3 is 2.33 bits per heavy atom. The van der Waals surface area contributed by atoms with Crippen molar-refractivity contribution < 1.29 is 4.79 Å². The summed E-state index contributed by atoms with van der Waals surface area (Å²) < 4.78 is 0. The minimum atomic E-state index is -0.348. The molecule has 1 amide bonds. The van der Waals surface area contributed by atoms with Gasteiger partial charge in [-0.15, -0.1) is 0 Å². The third-order valence-electron chi connectivity index (χ3n) is 6.33. The molecule has 3 fully saturated rings. The zero-order valence-electron chi connectivity index (χ0n) is 14.1. The van der Waals surface area contributed by atoms with Crippen LogP contribution >= 0.6 is 0 Å². The molecule has 120 valence electrons. The summed E-state index contributed by atoms with van der Waals surface area (Å²) in [7, 11) is 2.28. The van der Waals surface area contributed by atoms with Crippen LogP contribution < -0.4 is 5.32 Å². The van der Waals surface area contributed by atoms with E-state index in [9.17, 15) is 4.79 Å². The number of nitrogens with one attached hydrogen (secondary N) is 1. The molecule has 3 aliphatic rings. The molecule has 4 heteroatoms. The molecule has 21 heavy (non-hydrogen) atoms. The zero-order chi connectivity index (χ0) is 15.2. The second-order valence-electron chi connectivity index (χ2n) is 7.50. The molecule has 0 aromatic carbocycles. The molecule has 2 bridgehead atoms. The molecule has 0 radical (unpaired) electrons. The van der Waals surface area contributed by atoms with Crippen LogP contribution in [0.4, 0.5) is 0 Å². The Balaban J connectivity index is 1.81. The van der Waals surface area contributed by atoms with Crippen molar-refractivity contribution in [2.24, 2.45) is 0 Å². The van der Waals surface area contributed by atoms with Gasteiger partial charge in [-0.1, -0.05) is 20.3 Å². The summed E-state index contributed by atoms with van der Waals surface area (Å²) >= 11 is 0. The smallest absolute Gasteiger partial charge is 0.244 e. The Kier molecular flexibility index (Phi) is 4.04. The second-order valence-corrected chi connectivity index (χ2v) is 7.50.